The quantitative estimate of drug-likeness (QED) is 0.549. The van der Waals surface area contributed by atoms with Crippen molar-refractivity contribution in [2.75, 3.05) is 6.61 Å². The van der Waals surface area contributed by atoms with Gasteiger partial charge in [0.05, 0.1) is 11.6 Å². The van der Waals surface area contributed by atoms with E-state index in [0.717, 1.165) is 18.4 Å². The Hall–Kier alpha value is -3.35. The molecule has 4 rings (SSSR count). The molecular weight excluding hydrogens is 384 g/mol. The van der Waals surface area contributed by atoms with Crippen LogP contribution < -0.4 is 11.1 Å². The zero-order chi connectivity index (χ0) is 20.9. The number of oxazole rings is 1. The molecule has 3 aromatic rings. The topological polar surface area (TPSA) is 90.5 Å². The van der Waals surface area contributed by atoms with E-state index < -0.39 is 11.7 Å². The molecule has 1 unspecified atom stereocenters. The molecule has 2 aromatic carbocycles. The maximum absolute atomic E-state index is 12.3. The van der Waals surface area contributed by atoms with Crippen molar-refractivity contribution in [2.24, 2.45) is 5.92 Å². The Morgan fingerprint density at radius 2 is 1.83 bits per heavy atom. The molecule has 0 spiro atoms. The highest BCUT2D eigenvalue weighted by Gasteiger charge is 2.33. The molecule has 1 aliphatic carbocycles. The van der Waals surface area contributed by atoms with Crippen molar-refractivity contribution in [3.05, 3.63) is 70.7 Å². The van der Waals surface area contributed by atoms with Gasteiger partial charge in [0.1, 0.15) is 0 Å². The van der Waals surface area contributed by atoms with Gasteiger partial charge in [0.25, 0.3) is 5.91 Å². The van der Waals surface area contributed by atoms with Crippen molar-refractivity contribution < 1.29 is 18.7 Å². The monoisotopic (exact) mass is 408 g/mol. The lowest BCUT2D eigenvalue weighted by Gasteiger charge is -2.18. The van der Waals surface area contributed by atoms with Crippen LogP contribution in [-0.4, -0.2) is 23.1 Å². The summed E-state index contributed by atoms with van der Waals surface area (Å²) in [7, 11) is 0. The Bertz CT molecular complexity index is 1080. The number of para-hydroxylation sites is 2. The van der Waals surface area contributed by atoms with E-state index in [0.29, 0.717) is 30.0 Å². The summed E-state index contributed by atoms with van der Waals surface area (Å²) in [6, 6.07) is 16.9. The zero-order valence-electron chi connectivity index (χ0n) is 16.6. The number of benzene rings is 2. The molecule has 7 heteroatoms. The van der Waals surface area contributed by atoms with Gasteiger partial charge < -0.3 is 14.5 Å². The predicted molar refractivity (Wildman–Crippen MR) is 111 cm³/mol. The summed E-state index contributed by atoms with van der Waals surface area (Å²) in [5.41, 5.74) is 2.28. The number of aryl methyl sites for hydroxylation is 1. The van der Waals surface area contributed by atoms with E-state index in [1.165, 1.54) is 4.57 Å². The molecular formula is C23H24N2O5. The first kappa shape index (κ1) is 19.9. The van der Waals surface area contributed by atoms with Gasteiger partial charge in [-0.1, -0.05) is 42.5 Å². The van der Waals surface area contributed by atoms with E-state index in [1.807, 2.05) is 36.4 Å². The SMILES string of the molecule is O=C(COC(=O)CCCn1c(=O)oc2ccccc21)NC(c1ccccc1)C1CC1. The lowest BCUT2D eigenvalue weighted by molar-refractivity contribution is -0.148. The Morgan fingerprint density at radius 1 is 1.10 bits per heavy atom. The lowest BCUT2D eigenvalue weighted by Crippen LogP contribution is -2.33. The molecule has 156 valence electrons. The molecule has 1 aromatic heterocycles. The minimum atomic E-state index is -0.464. The molecule has 1 N–H and O–H groups in total. The number of ether oxygens (including phenoxy) is 1. The van der Waals surface area contributed by atoms with Crippen LogP contribution in [-0.2, 0) is 20.9 Å². The molecule has 0 radical (unpaired) electrons. The lowest BCUT2D eigenvalue weighted by atomic mass is 10.0. The fraction of sp³-hybridized carbons (Fsp3) is 0.348. The Labute approximate surface area is 173 Å². The third kappa shape index (κ3) is 4.79. The fourth-order valence-corrected chi connectivity index (χ4v) is 3.60. The third-order valence-electron chi connectivity index (χ3n) is 5.27. The average Bonchev–Trinajstić information content (AvgIpc) is 3.55. The van der Waals surface area contributed by atoms with Crippen LogP contribution in [0.15, 0.2) is 63.8 Å². The largest absolute Gasteiger partial charge is 0.456 e. The van der Waals surface area contributed by atoms with Gasteiger partial charge in [-0.3, -0.25) is 14.2 Å². The summed E-state index contributed by atoms with van der Waals surface area (Å²) in [6.45, 7) is 0.0401. The number of nitrogens with one attached hydrogen (secondary N) is 1. The molecule has 0 saturated heterocycles. The van der Waals surface area contributed by atoms with E-state index in [-0.39, 0.29) is 25.0 Å². The number of aromatic nitrogens is 1. The summed E-state index contributed by atoms with van der Waals surface area (Å²) in [6.07, 6.45) is 2.70. The number of hydrogen-bond donors (Lipinski definition) is 1. The average molecular weight is 408 g/mol. The minimum absolute atomic E-state index is 0.0429. The van der Waals surface area contributed by atoms with Gasteiger partial charge in [-0.15, -0.1) is 0 Å². The molecule has 7 nitrogen and oxygen atoms in total. The molecule has 1 saturated carbocycles. The zero-order valence-corrected chi connectivity index (χ0v) is 16.6. The second-order valence-electron chi connectivity index (χ2n) is 7.54. The van der Waals surface area contributed by atoms with Crippen molar-refractivity contribution in [1.82, 2.24) is 9.88 Å². The van der Waals surface area contributed by atoms with Crippen LogP contribution in [0.5, 0.6) is 0 Å². The summed E-state index contributed by atoms with van der Waals surface area (Å²) in [5, 5.41) is 2.98. The van der Waals surface area contributed by atoms with E-state index in [4.69, 9.17) is 9.15 Å². The molecule has 1 aliphatic rings. The Balaban J connectivity index is 1.23. The minimum Gasteiger partial charge on any atom is -0.456 e. The number of carbonyl (C=O) groups is 2. The van der Waals surface area contributed by atoms with Crippen LogP contribution in [0, 0.1) is 5.92 Å². The Kier molecular flexibility index (Phi) is 5.97. The van der Waals surface area contributed by atoms with Crippen LogP contribution in [0.1, 0.15) is 37.3 Å². The molecule has 1 fully saturated rings. The third-order valence-corrected chi connectivity index (χ3v) is 5.27. The predicted octanol–water partition coefficient (Wildman–Crippen LogP) is 3.19. The summed E-state index contributed by atoms with van der Waals surface area (Å²) in [5.74, 6) is -0.777. The van der Waals surface area contributed by atoms with Gasteiger partial charge in [-0.2, -0.15) is 0 Å². The standard InChI is InChI=1S/C23H24N2O5/c26-20(24-22(17-12-13-17)16-7-2-1-3-8-16)15-29-21(27)11-6-14-25-18-9-4-5-10-19(18)30-23(25)28/h1-5,7-10,17,22H,6,11-15H2,(H,24,26). The number of hydrogen-bond acceptors (Lipinski definition) is 5. The number of carbonyl (C=O) groups excluding carboxylic acids is 2. The molecule has 1 amide bonds. The smallest absolute Gasteiger partial charge is 0.419 e. The van der Waals surface area contributed by atoms with Gasteiger partial charge in [0.2, 0.25) is 0 Å². The van der Waals surface area contributed by atoms with Crippen molar-refractivity contribution >= 4 is 23.0 Å². The highest BCUT2D eigenvalue weighted by molar-refractivity contribution is 5.81. The summed E-state index contributed by atoms with van der Waals surface area (Å²) < 4.78 is 11.8. The highest BCUT2D eigenvalue weighted by atomic mass is 16.5. The van der Waals surface area contributed by atoms with Crippen molar-refractivity contribution in [2.45, 2.75) is 38.3 Å². The second-order valence-corrected chi connectivity index (χ2v) is 7.54. The first-order valence-corrected chi connectivity index (χ1v) is 10.2. The number of amides is 1. The van der Waals surface area contributed by atoms with Crippen molar-refractivity contribution in [1.29, 1.82) is 0 Å². The number of fused-ring (bicyclic) bond motifs is 1. The number of rotatable bonds is 9. The van der Waals surface area contributed by atoms with Gasteiger partial charge in [-0.25, -0.2) is 4.79 Å². The van der Waals surface area contributed by atoms with Crippen molar-refractivity contribution in [3.8, 4) is 0 Å². The van der Waals surface area contributed by atoms with Gasteiger partial charge >= 0.3 is 11.7 Å². The first-order chi connectivity index (χ1) is 14.6. The number of nitrogens with zero attached hydrogens (tertiary/aromatic N) is 1. The van der Waals surface area contributed by atoms with Gasteiger partial charge in [0.15, 0.2) is 12.2 Å². The number of esters is 1. The molecule has 1 atom stereocenters. The summed E-state index contributed by atoms with van der Waals surface area (Å²) >= 11 is 0. The Morgan fingerprint density at radius 3 is 2.60 bits per heavy atom. The first-order valence-electron chi connectivity index (χ1n) is 10.2. The van der Waals surface area contributed by atoms with Crippen LogP contribution in [0.25, 0.3) is 11.1 Å². The molecule has 0 bridgehead atoms. The van der Waals surface area contributed by atoms with Crippen LogP contribution in [0.3, 0.4) is 0 Å². The fourth-order valence-electron chi connectivity index (χ4n) is 3.60. The van der Waals surface area contributed by atoms with Crippen molar-refractivity contribution in [3.63, 3.8) is 0 Å². The molecule has 1 heterocycles. The highest BCUT2D eigenvalue weighted by Crippen LogP contribution is 2.40. The summed E-state index contributed by atoms with van der Waals surface area (Å²) in [4.78, 5) is 36.2. The van der Waals surface area contributed by atoms with E-state index in [9.17, 15) is 14.4 Å². The van der Waals surface area contributed by atoms with Crippen LogP contribution >= 0.6 is 0 Å². The maximum Gasteiger partial charge on any atom is 0.419 e. The normalized spacial score (nSPS) is 14.4. The molecule has 30 heavy (non-hydrogen) atoms. The van der Waals surface area contributed by atoms with Gasteiger partial charge in [0, 0.05) is 13.0 Å². The molecule has 0 aliphatic heterocycles. The second kappa shape index (κ2) is 8.98. The van der Waals surface area contributed by atoms with Crippen LogP contribution in [0.2, 0.25) is 0 Å². The van der Waals surface area contributed by atoms with Gasteiger partial charge in [-0.05, 0) is 42.9 Å². The van der Waals surface area contributed by atoms with E-state index in [2.05, 4.69) is 5.32 Å². The van der Waals surface area contributed by atoms with Crippen LogP contribution in [0.4, 0.5) is 0 Å². The van der Waals surface area contributed by atoms with E-state index in [1.54, 1.807) is 18.2 Å². The maximum atomic E-state index is 12.3. The van der Waals surface area contributed by atoms with E-state index >= 15 is 0 Å².